The Morgan fingerprint density at radius 3 is 2.74 bits per heavy atom. The molecule has 7 nitrogen and oxygen atoms in total. The predicted octanol–water partition coefficient (Wildman–Crippen LogP) is 0.892. The molecule has 0 atom stereocenters. The maximum absolute atomic E-state index is 11.9. The van der Waals surface area contributed by atoms with E-state index in [-0.39, 0.29) is 17.3 Å². The first kappa shape index (κ1) is 13.1. The summed E-state index contributed by atoms with van der Waals surface area (Å²) in [7, 11) is 0. The largest absolute Gasteiger partial charge is 0.393 e. The summed E-state index contributed by atoms with van der Waals surface area (Å²) < 4.78 is 0. The van der Waals surface area contributed by atoms with Crippen molar-refractivity contribution in [1.29, 1.82) is 0 Å². The van der Waals surface area contributed by atoms with Crippen molar-refractivity contribution in [3.63, 3.8) is 0 Å². The highest BCUT2D eigenvalue weighted by Crippen LogP contribution is 2.31. The van der Waals surface area contributed by atoms with E-state index in [0.717, 1.165) is 0 Å². The van der Waals surface area contributed by atoms with Crippen LogP contribution in [-0.4, -0.2) is 29.5 Å². The Bertz CT molecular complexity index is 542. The molecule has 0 bridgehead atoms. The van der Waals surface area contributed by atoms with Gasteiger partial charge < -0.3 is 16.0 Å². The van der Waals surface area contributed by atoms with Crippen molar-refractivity contribution in [3.8, 4) is 0 Å². The number of hydrogen-bond acceptors (Lipinski definition) is 5. The highest BCUT2D eigenvalue weighted by Gasteiger charge is 2.37. The van der Waals surface area contributed by atoms with Gasteiger partial charge in [-0.25, -0.2) is 0 Å². The summed E-state index contributed by atoms with van der Waals surface area (Å²) in [5.41, 5.74) is 5.67. The van der Waals surface area contributed by atoms with Crippen molar-refractivity contribution in [2.45, 2.75) is 19.4 Å². The van der Waals surface area contributed by atoms with Crippen molar-refractivity contribution in [3.05, 3.63) is 28.3 Å². The summed E-state index contributed by atoms with van der Waals surface area (Å²) in [6.45, 7) is 4.79. The number of rotatable bonds is 2. The van der Waals surface area contributed by atoms with Crippen LogP contribution in [0.2, 0.25) is 0 Å². The third-order valence-electron chi connectivity index (χ3n) is 3.37. The maximum atomic E-state index is 11.9. The van der Waals surface area contributed by atoms with Gasteiger partial charge in [-0.15, -0.1) is 0 Å². The summed E-state index contributed by atoms with van der Waals surface area (Å²) in [4.78, 5) is 24.0. The van der Waals surface area contributed by atoms with Crippen LogP contribution in [-0.2, 0) is 4.79 Å². The molecule has 3 N–H and O–H groups in total. The Morgan fingerprint density at radius 2 is 2.16 bits per heavy atom. The summed E-state index contributed by atoms with van der Waals surface area (Å²) in [5, 5.41) is 13.5. The topological polar surface area (TPSA) is 102 Å². The zero-order chi connectivity index (χ0) is 14.2. The Morgan fingerprint density at radius 1 is 1.47 bits per heavy atom. The van der Waals surface area contributed by atoms with E-state index in [4.69, 9.17) is 5.73 Å². The van der Waals surface area contributed by atoms with E-state index in [1.54, 1.807) is 26.0 Å². The van der Waals surface area contributed by atoms with Crippen LogP contribution in [0.1, 0.15) is 13.8 Å². The number of hydrogen-bond donors (Lipinski definition) is 2. The maximum Gasteiger partial charge on any atom is 0.292 e. The predicted molar refractivity (Wildman–Crippen MR) is 71.9 cm³/mol. The normalized spacial score (nSPS) is 18.0. The minimum absolute atomic E-state index is 0.0734. The number of anilines is 2. The van der Waals surface area contributed by atoms with E-state index in [2.05, 4.69) is 5.32 Å². The fourth-order valence-electron chi connectivity index (χ4n) is 2.23. The summed E-state index contributed by atoms with van der Waals surface area (Å²) in [6, 6.07) is 4.53. The number of carbonyl (C=O) groups is 1. The van der Waals surface area contributed by atoms with Gasteiger partial charge in [-0.3, -0.25) is 14.9 Å². The molecule has 1 amide bonds. The second kappa shape index (κ2) is 4.42. The molecule has 1 saturated heterocycles. The molecule has 7 heteroatoms. The van der Waals surface area contributed by atoms with Gasteiger partial charge in [0.15, 0.2) is 0 Å². The molecule has 1 heterocycles. The van der Waals surface area contributed by atoms with Gasteiger partial charge in [-0.2, -0.15) is 0 Å². The summed E-state index contributed by atoms with van der Waals surface area (Å²) in [5.74, 6) is -0.0734. The lowest BCUT2D eigenvalue weighted by atomic mass is 9.97. The Balaban J connectivity index is 2.39. The molecule has 102 valence electrons. The molecule has 19 heavy (non-hydrogen) atoms. The highest BCUT2D eigenvalue weighted by atomic mass is 16.6. The Hall–Kier alpha value is -2.31. The second-order valence-corrected chi connectivity index (χ2v) is 4.97. The minimum atomic E-state index is -0.708. The SMILES string of the molecule is CC1(C)C(=O)NCCN1c1ccc([N+](=O)[O-])c(N)c1. The van der Waals surface area contributed by atoms with Gasteiger partial charge in [0.1, 0.15) is 11.2 Å². The van der Waals surface area contributed by atoms with Crippen LogP contribution in [0.25, 0.3) is 0 Å². The second-order valence-electron chi connectivity index (χ2n) is 4.97. The molecule has 2 rings (SSSR count). The monoisotopic (exact) mass is 264 g/mol. The molecule has 1 aliphatic heterocycles. The zero-order valence-corrected chi connectivity index (χ0v) is 10.8. The van der Waals surface area contributed by atoms with Crippen molar-refractivity contribution in [1.82, 2.24) is 5.32 Å². The van der Waals surface area contributed by atoms with E-state index in [0.29, 0.717) is 18.8 Å². The first-order valence-electron chi connectivity index (χ1n) is 5.94. The minimum Gasteiger partial charge on any atom is -0.393 e. The van der Waals surface area contributed by atoms with Gasteiger partial charge in [-0.05, 0) is 26.0 Å². The average molecular weight is 264 g/mol. The number of nitrogens with two attached hydrogens (primary N) is 1. The fourth-order valence-corrected chi connectivity index (χ4v) is 2.23. The van der Waals surface area contributed by atoms with Crippen molar-refractivity contribution >= 4 is 23.0 Å². The van der Waals surface area contributed by atoms with E-state index in [9.17, 15) is 14.9 Å². The number of nitrogens with one attached hydrogen (secondary N) is 1. The molecular formula is C12H16N4O3. The number of nitrogens with zero attached hydrogens (tertiary/aromatic N) is 2. The molecule has 0 aromatic heterocycles. The van der Waals surface area contributed by atoms with Crippen molar-refractivity contribution in [2.75, 3.05) is 23.7 Å². The van der Waals surface area contributed by atoms with E-state index in [1.165, 1.54) is 6.07 Å². The molecule has 0 radical (unpaired) electrons. The molecule has 0 unspecified atom stereocenters. The van der Waals surface area contributed by atoms with Crippen LogP contribution in [0.15, 0.2) is 18.2 Å². The smallest absolute Gasteiger partial charge is 0.292 e. The van der Waals surface area contributed by atoms with Gasteiger partial charge in [-0.1, -0.05) is 0 Å². The fraction of sp³-hybridized carbons (Fsp3) is 0.417. The van der Waals surface area contributed by atoms with Gasteiger partial charge >= 0.3 is 0 Å². The number of carbonyl (C=O) groups excluding carboxylic acids is 1. The third-order valence-corrected chi connectivity index (χ3v) is 3.37. The van der Waals surface area contributed by atoms with Crippen LogP contribution in [0.5, 0.6) is 0 Å². The molecule has 0 aliphatic carbocycles. The number of nitro benzene ring substituents is 1. The first-order chi connectivity index (χ1) is 8.84. The van der Waals surface area contributed by atoms with Gasteiger partial charge in [0.25, 0.3) is 5.69 Å². The third kappa shape index (κ3) is 2.18. The first-order valence-corrected chi connectivity index (χ1v) is 5.94. The quantitative estimate of drug-likeness (QED) is 0.469. The number of piperazine rings is 1. The molecule has 0 saturated carbocycles. The van der Waals surface area contributed by atoms with Crippen LogP contribution in [0.3, 0.4) is 0 Å². The van der Waals surface area contributed by atoms with Crippen molar-refractivity contribution in [2.24, 2.45) is 0 Å². The molecule has 1 fully saturated rings. The standard InChI is InChI=1S/C12H16N4O3/c1-12(2)11(17)14-5-6-15(12)8-3-4-10(16(18)19)9(13)7-8/h3-4,7H,5-6,13H2,1-2H3,(H,14,17). The number of benzene rings is 1. The Kier molecular flexibility index (Phi) is 3.05. The molecule has 0 spiro atoms. The summed E-state index contributed by atoms with van der Waals surface area (Å²) in [6.07, 6.45) is 0. The number of amides is 1. The van der Waals surface area contributed by atoms with Crippen LogP contribution < -0.4 is 16.0 Å². The lowest BCUT2D eigenvalue weighted by molar-refractivity contribution is -0.383. The van der Waals surface area contributed by atoms with Crippen LogP contribution in [0, 0.1) is 10.1 Å². The molecule has 1 aliphatic rings. The molecular weight excluding hydrogens is 248 g/mol. The van der Waals surface area contributed by atoms with E-state index < -0.39 is 10.5 Å². The van der Waals surface area contributed by atoms with Crippen molar-refractivity contribution < 1.29 is 9.72 Å². The van der Waals surface area contributed by atoms with Gasteiger partial charge in [0, 0.05) is 24.8 Å². The highest BCUT2D eigenvalue weighted by molar-refractivity contribution is 5.90. The molecule has 1 aromatic rings. The van der Waals surface area contributed by atoms with E-state index >= 15 is 0 Å². The molecule has 1 aromatic carbocycles. The average Bonchev–Trinajstić information content (AvgIpc) is 2.32. The lowest BCUT2D eigenvalue weighted by Gasteiger charge is -2.42. The number of nitro groups is 1. The summed E-state index contributed by atoms with van der Waals surface area (Å²) >= 11 is 0. The van der Waals surface area contributed by atoms with Crippen LogP contribution in [0.4, 0.5) is 17.1 Å². The van der Waals surface area contributed by atoms with Crippen LogP contribution >= 0.6 is 0 Å². The lowest BCUT2D eigenvalue weighted by Crippen LogP contribution is -2.62. The zero-order valence-electron chi connectivity index (χ0n) is 10.8. The van der Waals surface area contributed by atoms with Gasteiger partial charge in [0.05, 0.1) is 4.92 Å². The number of nitrogen functional groups attached to an aromatic ring is 1. The Labute approximate surface area is 110 Å². The van der Waals surface area contributed by atoms with Gasteiger partial charge in [0.2, 0.25) is 5.91 Å². The van der Waals surface area contributed by atoms with E-state index in [1.807, 2.05) is 4.90 Å².